The number of hydrogen-bond acceptors (Lipinski definition) is 3. The summed E-state index contributed by atoms with van der Waals surface area (Å²) in [5, 5.41) is 3.43. The summed E-state index contributed by atoms with van der Waals surface area (Å²) in [6.07, 6.45) is 8.98. The van der Waals surface area contributed by atoms with E-state index in [2.05, 4.69) is 5.32 Å². The van der Waals surface area contributed by atoms with E-state index in [9.17, 15) is 4.79 Å². The summed E-state index contributed by atoms with van der Waals surface area (Å²) in [6, 6.07) is 7.93. The van der Waals surface area contributed by atoms with Gasteiger partial charge in [-0.05, 0) is 25.0 Å². The Bertz CT molecular complexity index is 423. The van der Waals surface area contributed by atoms with Gasteiger partial charge in [-0.25, -0.2) is 0 Å². The van der Waals surface area contributed by atoms with Crippen molar-refractivity contribution >= 4 is 5.78 Å². The molecule has 110 valence electrons. The Morgan fingerprint density at radius 3 is 2.50 bits per heavy atom. The second-order valence-corrected chi connectivity index (χ2v) is 5.55. The van der Waals surface area contributed by atoms with Crippen LogP contribution in [0.5, 0.6) is 5.75 Å². The third-order valence-corrected chi connectivity index (χ3v) is 4.06. The molecule has 1 aliphatic carbocycles. The van der Waals surface area contributed by atoms with Crippen LogP contribution in [-0.2, 0) is 0 Å². The monoisotopic (exact) mass is 275 g/mol. The summed E-state index contributed by atoms with van der Waals surface area (Å²) < 4.78 is 5.25. The Labute approximate surface area is 121 Å². The molecule has 2 rings (SSSR count). The molecule has 1 fully saturated rings. The highest BCUT2D eigenvalue weighted by molar-refractivity contribution is 6.00. The molecule has 1 aromatic rings. The highest BCUT2D eigenvalue weighted by Crippen LogP contribution is 2.19. The molecule has 0 radical (unpaired) electrons. The molecule has 0 heterocycles. The molecule has 3 nitrogen and oxygen atoms in total. The van der Waals surface area contributed by atoms with Crippen molar-refractivity contribution in [2.75, 3.05) is 13.7 Å². The highest BCUT2D eigenvalue weighted by Gasteiger charge is 2.15. The number of nitrogens with one attached hydrogen (secondary N) is 1. The number of carbonyl (C=O) groups excluding carboxylic acids is 1. The average molecular weight is 275 g/mol. The van der Waals surface area contributed by atoms with E-state index in [1.165, 1.54) is 44.9 Å². The van der Waals surface area contributed by atoms with Gasteiger partial charge in [-0.2, -0.15) is 0 Å². The van der Waals surface area contributed by atoms with Gasteiger partial charge >= 0.3 is 0 Å². The standard InChI is InChI=1S/C17H25NO2/c1-20-17-12-8-7-11-15(17)16(19)13-18-14-9-5-3-2-4-6-10-14/h7-8,11-12,14,18H,2-6,9-10,13H2,1H3. The van der Waals surface area contributed by atoms with Crippen molar-refractivity contribution in [3.63, 3.8) is 0 Å². The fourth-order valence-corrected chi connectivity index (χ4v) is 2.87. The van der Waals surface area contributed by atoms with Crippen molar-refractivity contribution in [2.45, 2.75) is 51.0 Å². The van der Waals surface area contributed by atoms with Crippen LogP contribution >= 0.6 is 0 Å². The highest BCUT2D eigenvalue weighted by atomic mass is 16.5. The molecule has 1 N–H and O–H groups in total. The molecule has 1 aromatic carbocycles. The van der Waals surface area contributed by atoms with Gasteiger partial charge in [0.1, 0.15) is 5.75 Å². The van der Waals surface area contributed by atoms with Crippen molar-refractivity contribution in [3.8, 4) is 5.75 Å². The van der Waals surface area contributed by atoms with Crippen molar-refractivity contribution in [1.82, 2.24) is 5.32 Å². The molecule has 20 heavy (non-hydrogen) atoms. The summed E-state index contributed by atoms with van der Waals surface area (Å²) in [6.45, 7) is 0.408. The maximum Gasteiger partial charge on any atom is 0.180 e. The maximum absolute atomic E-state index is 12.3. The van der Waals surface area contributed by atoms with E-state index in [0.29, 0.717) is 23.9 Å². The van der Waals surface area contributed by atoms with E-state index >= 15 is 0 Å². The van der Waals surface area contributed by atoms with Gasteiger partial charge in [0, 0.05) is 6.04 Å². The Balaban J connectivity index is 1.87. The molecule has 0 spiro atoms. The first-order valence-corrected chi connectivity index (χ1v) is 7.71. The molecule has 0 amide bonds. The van der Waals surface area contributed by atoms with E-state index < -0.39 is 0 Å². The molecule has 0 aliphatic heterocycles. The zero-order valence-corrected chi connectivity index (χ0v) is 12.4. The van der Waals surface area contributed by atoms with Gasteiger partial charge in [0.15, 0.2) is 5.78 Å². The van der Waals surface area contributed by atoms with Crippen molar-refractivity contribution in [3.05, 3.63) is 29.8 Å². The fourth-order valence-electron chi connectivity index (χ4n) is 2.87. The number of carbonyl (C=O) groups is 1. The molecule has 0 unspecified atom stereocenters. The van der Waals surface area contributed by atoms with Crippen LogP contribution in [0.3, 0.4) is 0 Å². The molecule has 0 bridgehead atoms. The normalized spacial score (nSPS) is 17.2. The van der Waals surface area contributed by atoms with Crippen LogP contribution in [0, 0.1) is 0 Å². The molecular formula is C17H25NO2. The largest absolute Gasteiger partial charge is 0.496 e. The van der Waals surface area contributed by atoms with Crippen LogP contribution in [0.15, 0.2) is 24.3 Å². The van der Waals surface area contributed by atoms with Gasteiger partial charge in [-0.15, -0.1) is 0 Å². The lowest BCUT2D eigenvalue weighted by atomic mass is 9.96. The van der Waals surface area contributed by atoms with E-state index in [4.69, 9.17) is 4.74 Å². The first kappa shape index (κ1) is 15.0. The summed E-state index contributed by atoms with van der Waals surface area (Å²) in [5.74, 6) is 0.779. The van der Waals surface area contributed by atoms with Crippen LogP contribution in [0.2, 0.25) is 0 Å². The lowest BCUT2D eigenvalue weighted by Crippen LogP contribution is -2.34. The van der Waals surface area contributed by atoms with Gasteiger partial charge in [0.05, 0.1) is 19.2 Å². The number of ether oxygens (including phenoxy) is 1. The van der Waals surface area contributed by atoms with Gasteiger partial charge in [0.25, 0.3) is 0 Å². The lowest BCUT2D eigenvalue weighted by molar-refractivity contribution is 0.0982. The Morgan fingerprint density at radius 1 is 1.15 bits per heavy atom. The molecule has 0 aromatic heterocycles. The summed E-state index contributed by atoms with van der Waals surface area (Å²) >= 11 is 0. The predicted molar refractivity (Wildman–Crippen MR) is 81.4 cm³/mol. The SMILES string of the molecule is COc1ccccc1C(=O)CNC1CCCCCCC1. The molecule has 3 heteroatoms. The second kappa shape index (κ2) is 8.05. The lowest BCUT2D eigenvalue weighted by Gasteiger charge is -2.20. The number of para-hydroxylation sites is 1. The Hall–Kier alpha value is -1.35. The Morgan fingerprint density at radius 2 is 1.80 bits per heavy atom. The van der Waals surface area contributed by atoms with Gasteiger partial charge in [0.2, 0.25) is 0 Å². The number of hydrogen-bond donors (Lipinski definition) is 1. The first-order chi connectivity index (χ1) is 9.81. The molecule has 0 saturated heterocycles. The molecule has 1 saturated carbocycles. The van der Waals surface area contributed by atoms with Crippen LogP contribution < -0.4 is 10.1 Å². The third-order valence-electron chi connectivity index (χ3n) is 4.06. The van der Waals surface area contributed by atoms with Crippen LogP contribution in [0.25, 0.3) is 0 Å². The number of Topliss-reactive ketones (excluding diaryl/α,β-unsaturated/α-hetero) is 1. The smallest absolute Gasteiger partial charge is 0.180 e. The first-order valence-electron chi connectivity index (χ1n) is 7.71. The number of rotatable bonds is 5. The predicted octanol–water partition coefficient (Wildman–Crippen LogP) is 3.58. The topological polar surface area (TPSA) is 38.3 Å². The summed E-state index contributed by atoms with van der Waals surface area (Å²) in [4.78, 5) is 12.3. The van der Waals surface area contributed by atoms with E-state index in [-0.39, 0.29) is 5.78 Å². The fraction of sp³-hybridized carbons (Fsp3) is 0.588. The van der Waals surface area contributed by atoms with Crippen LogP contribution in [0.1, 0.15) is 55.3 Å². The molecule has 0 atom stereocenters. The van der Waals surface area contributed by atoms with Crippen LogP contribution in [0.4, 0.5) is 0 Å². The minimum atomic E-state index is 0.115. The minimum Gasteiger partial charge on any atom is -0.496 e. The second-order valence-electron chi connectivity index (χ2n) is 5.55. The molecular weight excluding hydrogens is 250 g/mol. The zero-order chi connectivity index (χ0) is 14.2. The van der Waals surface area contributed by atoms with Crippen molar-refractivity contribution < 1.29 is 9.53 Å². The van der Waals surface area contributed by atoms with Gasteiger partial charge in [-0.3, -0.25) is 4.79 Å². The minimum absolute atomic E-state index is 0.115. The number of methoxy groups -OCH3 is 1. The van der Waals surface area contributed by atoms with Crippen LogP contribution in [-0.4, -0.2) is 25.5 Å². The van der Waals surface area contributed by atoms with Gasteiger partial charge in [-0.1, -0.05) is 44.2 Å². The maximum atomic E-state index is 12.3. The number of ketones is 1. The van der Waals surface area contributed by atoms with E-state index in [1.807, 2.05) is 24.3 Å². The van der Waals surface area contributed by atoms with E-state index in [1.54, 1.807) is 7.11 Å². The third kappa shape index (κ3) is 4.34. The van der Waals surface area contributed by atoms with Gasteiger partial charge < -0.3 is 10.1 Å². The van der Waals surface area contributed by atoms with Crippen molar-refractivity contribution in [1.29, 1.82) is 0 Å². The summed E-state index contributed by atoms with van der Waals surface area (Å²) in [7, 11) is 1.61. The molecule has 1 aliphatic rings. The zero-order valence-electron chi connectivity index (χ0n) is 12.4. The quantitative estimate of drug-likeness (QED) is 0.835. The Kier molecular flexibility index (Phi) is 6.06. The number of benzene rings is 1. The van der Waals surface area contributed by atoms with E-state index in [0.717, 1.165) is 0 Å². The summed E-state index contributed by atoms with van der Waals surface area (Å²) in [5.41, 5.74) is 0.674. The average Bonchev–Trinajstić information content (AvgIpc) is 2.45. The van der Waals surface area contributed by atoms with Crippen molar-refractivity contribution in [2.24, 2.45) is 0 Å².